The fourth-order valence-electron chi connectivity index (χ4n) is 3.97. The van der Waals surface area contributed by atoms with Crippen LogP contribution in [-0.2, 0) is 10.2 Å². The van der Waals surface area contributed by atoms with E-state index >= 15 is 0 Å². The van der Waals surface area contributed by atoms with E-state index in [9.17, 15) is 4.79 Å². The highest BCUT2D eigenvalue weighted by atomic mass is 16.2. The second-order valence-electron chi connectivity index (χ2n) is 8.34. The summed E-state index contributed by atoms with van der Waals surface area (Å²) in [4.78, 5) is 21.1. The van der Waals surface area contributed by atoms with Crippen molar-refractivity contribution in [3.8, 4) is 0 Å². The number of hydrazine groups is 1. The molecule has 2 aromatic rings. The lowest BCUT2D eigenvalue weighted by molar-refractivity contribution is -0.147. The molecule has 0 aliphatic rings. The van der Waals surface area contributed by atoms with E-state index < -0.39 is 5.41 Å². The molecule has 0 fully saturated rings. The molecule has 0 spiro atoms. The third-order valence-corrected chi connectivity index (χ3v) is 5.70. The minimum Gasteiger partial charge on any atom is -0.298 e. The fraction of sp³-hybridized carbons (Fsp3) is 0.500. The molecule has 0 radical (unpaired) electrons. The number of hydrogen-bond donors (Lipinski definition) is 0. The van der Waals surface area contributed by atoms with Crippen molar-refractivity contribution in [2.24, 2.45) is 0 Å². The van der Waals surface area contributed by atoms with E-state index in [0.29, 0.717) is 18.5 Å². The summed E-state index contributed by atoms with van der Waals surface area (Å²) in [6.45, 7) is 9.63. The molecule has 0 saturated heterocycles. The molecule has 0 saturated carbocycles. The zero-order valence-electron chi connectivity index (χ0n) is 19.0. The van der Waals surface area contributed by atoms with Gasteiger partial charge < -0.3 is 0 Å². The maximum Gasteiger partial charge on any atom is 0.253 e. The highest BCUT2D eigenvalue weighted by Gasteiger charge is 2.45. The Morgan fingerprint density at radius 2 is 1.52 bits per heavy atom. The molecule has 1 atom stereocenters. The van der Waals surface area contributed by atoms with Crippen LogP contribution in [0, 0.1) is 0 Å². The van der Waals surface area contributed by atoms with Crippen molar-refractivity contribution in [2.75, 3.05) is 27.7 Å². The van der Waals surface area contributed by atoms with Crippen LogP contribution < -0.4 is 0 Å². The second-order valence-corrected chi connectivity index (χ2v) is 8.34. The molecule has 1 unspecified atom stereocenters. The minimum absolute atomic E-state index is 0.0277. The van der Waals surface area contributed by atoms with Crippen molar-refractivity contribution >= 4 is 5.91 Å². The first-order valence-corrected chi connectivity index (χ1v) is 10.4. The Morgan fingerprint density at radius 3 is 2.00 bits per heavy atom. The van der Waals surface area contributed by atoms with Crippen LogP contribution in [0.3, 0.4) is 0 Å². The molecule has 5 nitrogen and oxygen atoms in total. The first-order valence-electron chi connectivity index (χ1n) is 10.4. The Balaban J connectivity index is 2.65. The van der Waals surface area contributed by atoms with Gasteiger partial charge in [0, 0.05) is 46.0 Å². The van der Waals surface area contributed by atoms with Gasteiger partial charge in [0.15, 0.2) is 0 Å². The summed E-state index contributed by atoms with van der Waals surface area (Å²) >= 11 is 0. The van der Waals surface area contributed by atoms with E-state index in [4.69, 9.17) is 0 Å². The third-order valence-electron chi connectivity index (χ3n) is 5.70. The quantitative estimate of drug-likeness (QED) is 0.604. The molecular formula is C24H36N4O. The van der Waals surface area contributed by atoms with Gasteiger partial charge in [0.25, 0.3) is 5.91 Å². The van der Waals surface area contributed by atoms with Crippen molar-refractivity contribution < 1.29 is 4.79 Å². The lowest BCUT2D eigenvalue weighted by Crippen LogP contribution is -2.53. The molecule has 0 bridgehead atoms. The van der Waals surface area contributed by atoms with Gasteiger partial charge in [-0.05, 0) is 51.8 Å². The monoisotopic (exact) mass is 396 g/mol. The van der Waals surface area contributed by atoms with Gasteiger partial charge in [-0.1, -0.05) is 36.4 Å². The lowest BCUT2D eigenvalue weighted by atomic mass is 9.73. The second kappa shape index (κ2) is 9.99. The SMILES string of the molecule is CC(C)N(CCC(C(=O)N(C)N(C)C)(c1ccccc1)c1ccccn1)C(C)C. The number of benzene rings is 1. The molecule has 1 amide bonds. The van der Waals surface area contributed by atoms with Crippen molar-refractivity contribution in [1.82, 2.24) is 19.9 Å². The number of carbonyl (C=O) groups is 1. The Kier molecular flexibility index (Phi) is 7.94. The molecule has 2 rings (SSSR count). The zero-order chi connectivity index (χ0) is 21.6. The normalized spacial score (nSPS) is 13.9. The summed E-state index contributed by atoms with van der Waals surface area (Å²) in [6, 6.07) is 16.7. The van der Waals surface area contributed by atoms with Crippen LogP contribution in [0.4, 0.5) is 0 Å². The number of carbonyl (C=O) groups excluding carboxylic acids is 1. The first-order chi connectivity index (χ1) is 13.7. The van der Waals surface area contributed by atoms with Crippen LogP contribution in [0.15, 0.2) is 54.7 Å². The summed E-state index contributed by atoms with van der Waals surface area (Å²) in [5.74, 6) is 0.0277. The molecule has 158 valence electrons. The zero-order valence-corrected chi connectivity index (χ0v) is 19.0. The van der Waals surface area contributed by atoms with Crippen LogP contribution in [0.25, 0.3) is 0 Å². The van der Waals surface area contributed by atoms with Gasteiger partial charge in [-0.2, -0.15) is 0 Å². The molecule has 0 N–H and O–H groups in total. The summed E-state index contributed by atoms with van der Waals surface area (Å²) in [6.07, 6.45) is 2.43. The van der Waals surface area contributed by atoms with E-state index in [-0.39, 0.29) is 5.91 Å². The predicted molar refractivity (Wildman–Crippen MR) is 120 cm³/mol. The van der Waals surface area contributed by atoms with E-state index in [1.54, 1.807) is 11.2 Å². The summed E-state index contributed by atoms with van der Waals surface area (Å²) in [5, 5.41) is 3.52. The van der Waals surface area contributed by atoms with Crippen molar-refractivity contribution in [3.63, 3.8) is 0 Å². The molecule has 1 heterocycles. The molecule has 29 heavy (non-hydrogen) atoms. The van der Waals surface area contributed by atoms with Gasteiger partial charge in [0.2, 0.25) is 0 Å². The highest BCUT2D eigenvalue weighted by molar-refractivity contribution is 5.91. The number of likely N-dealkylation sites (N-methyl/N-ethyl adjacent to an activating group) is 1. The van der Waals surface area contributed by atoms with Crippen molar-refractivity contribution in [1.29, 1.82) is 0 Å². The molecule has 0 aliphatic heterocycles. The molecular weight excluding hydrogens is 360 g/mol. The Bertz CT molecular complexity index is 711. The minimum atomic E-state index is -0.858. The third kappa shape index (κ3) is 5.03. The summed E-state index contributed by atoms with van der Waals surface area (Å²) in [5.41, 5.74) is 0.908. The smallest absolute Gasteiger partial charge is 0.253 e. The average molecular weight is 397 g/mol. The van der Waals surface area contributed by atoms with Crippen LogP contribution in [0.2, 0.25) is 0 Å². The lowest BCUT2D eigenvalue weighted by Gasteiger charge is -2.40. The Labute approximate surface area is 176 Å². The van der Waals surface area contributed by atoms with Gasteiger partial charge in [-0.3, -0.25) is 19.7 Å². The van der Waals surface area contributed by atoms with E-state index in [1.807, 2.05) is 74.7 Å². The van der Waals surface area contributed by atoms with Gasteiger partial charge in [-0.25, -0.2) is 5.01 Å². The number of amides is 1. The van der Waals surface area contributed by atoms with Crippen LogP contribution in [0.5, 0.6) is 0 Å². The maximum atomic E-state index is 14.0. The molecule has 1 aromatic heterocycles. The topological polar surface area (TPSA) is 39.7 Å². The maximum absolute atomic E-state index is 14.0. The van der Waals surface area contributed by atoms with Crippen molar-refractivity contribution in [2.45, 2.75) is 51.6 Å². The number of hydrogen-bond acceptors (Lipinski definition) is 4. The Hall–Kier alpha value is -2.24. The number of rotatable bonds is 9. The van der Waals surface area contributed by atoms with Crippen LogP contribution in [0.1, 0.15) is 45.4 Å². The van der Waals surface area contributed by atoms with Gasteiger partial charge in [-0.15, -0.1) is 0 Å². The van der Waals surface area contributed by atoms with E-state index in [1.165, 1.54) is 0 Å². The fourth-order valence-corrected chi connectivity index (χ4v) is 3.97. The van der Waals surface area contributed by atoms with E-state index in [0.717, 1.165) is 17.8 Å². The number of aromatic nitrogens is 1. The molecule has 0 aliphatic carbocycles. The largest absolute Gasteiger partial charge is 0.298 e. The van der Waals surface area contributed by atoms with Gasteiger partial charge in [0.1, 0.15) is 5.41 Å². The molecule has 1 aromatic carbocycles. The van der Waals surface area contributed by atoms with Crippen LogP contribution in [-0.4, -0.2) is 65.6 Å². The average Bonchev–Trinajstić information content (AvgIpc) is 2.71. The number of pyridine rings is 1. The standard InChI is InChI=1S/C24H36N4O/c1-19(2)28(20(3)4)18-16-24(21-13-9-8-10-14-21,22-15-11-12-17-25-22)23(29)27(7)26(5)6/h8-15,17,19-20H,16,18H2,1-7H3. The predicted octanol–water partition coefficient (Wildman–Crippen LogP) is 3.81. The number of nitrogens with zero attached hydrogens (tertiary/aromatic N) is 4. The highest BCUT2D eigenvalue weighted by Crippen LogP contribution is 2.37. The van der Waals surface area contributed by atoms with Crippen LogP contribution >= 0.6 is 0 Å². The van der Waals surface area contributed by atoms with Crippen molar-refractivity contribution in [3.05, 3.63) is 66.0 Å². The van der Waals surface area contributed by atoms with Gasteiger partial charge >= 0.3 is 0 Å². The first kappa shape index (κ1) is 23.0. The van der Waals surface area contributed by atoms with Gasteiger partial charge in [0.05, 0.1) is 5.69 Å². The molecule has 5 heteroatoms. The summed E-state index contributed by atoms with van der Waals surface area (Å²) < 4.78 is 0. The van der Waals surface area contributed by atoms with E-state index in [2.05, 4.69) is 37.6 Å². The Morgan fingerprint density at radius 1 is 0.931 bits per heavy atom. The summed E-state index contributed by atoms with van der Waals surface area (Å²) in [7, 11) is 5.60.